The van der Waals surface area contributed by atoms with E-state index in [4.69, 9.17) is 14.2 Å². The van der Waals surface area contributed by atoms with Crippen LogP contribution in [-0.2, 0) is 19.0 Å². The third kappa shape index (κ3) is 19.3. The molecule has 0 aromatic carbocycles. The highest BCUT2D eigenvalue weighted by molar-refractivity contribution is 5.69. The minimum absolute atomic E-state index is 0.107. The molecule has 0 fully saturated rings. The van der Waals surface area contributed by atoms with E-state index in [1.165, 1.54) is 32.1 Å². The fourth-order valence-electron chi connectivity index (χ4n) is 2.08. The highest BCUT2D eigenvalue weighted by Gasteiger charge is 2.02. The molecule has 0 amide bonds. The zero-order chi connectivity index (χ0) is 17.2. The number of esters is 1. The first-order chi connectivity index (χ1) is 11.2. The van der Waals surface area contributed by atoms with E-state index in [9.17, 15) is 4.79 Å². The molecule has 0 aliphatic carbocycles. The van der Waals surface area contributed by atoms with Gasteiger partial charge in [0, 0.05) is 13.0 Å². The van der Waals surface area contributed by atoms with Crippen LogP contribution >= 0.6 is 0 Å². The Kier molecular flexibility index (Phi) is 17.2. The molecule has 0 N–H and O–H groups in total. The molecule has 5 heteroatoms. The third-order valence-corrected chi connectivity index (χ3v) is 3.53. The Balaban J connectivity index is 3.15. The molecule has 0 bridgehead atoms. The van der Waals surface area contributed by atoms with Crippen LogP contribution in [0, 0.1) is 0 Å². The third-order valence-electron chi connectivity index (χ3n) is 3.53. The lowest BCUT2D eigenvalue weighted by Crippen LogP contribution is -2.19. The maximum atomic E-state index is 11.5. The summed E-state index contributed by atoms with van der Waals surface area (Å²) in [5.41, 5.74) is 0. The van der Waals surface area contributed by atoms with Gasteiger partial charge < -0.3 is 19.1 Å². The zero-order valence-electron chi connectivity index (χ0n) is 15.5. The number of unbranched alkanes of at least 4 members (excludes halogenated alkanes) is 6. The maximum absolute atomic E-state index is 11.5. The van der Waals surface area contributed by atoms with Crippen LogP contribution in [0.4, 0.5) is 0 Å². The highest BCUT2D eigenvalue weighted by atomic mass is 16.6. The molecule has 0 aliphatic heterocycles. The summed E-state index contributed by atoms with van der Waals surface area (Å²) in [6.45, 7) is 5.76. The van der Waals surface area contributed by atoms with E-state index in [1.54, 1.807) is 0 Å². The van der Waals surface area contributed by atoms with Crippen LogP contribution in [-0.4, -0.2) is 64.5 Å². The van der Waals surface area contributed by atoms with Crippen LogP contribution < -0.4 is 0 Å². The first-order valence-electron chi connectivity index (χ1n) is 9.12. The summed E-state index contributed by atoms with van der Waals surface area (Å²) < 4.78 is 15.9. The van der Waals surface area contributed by atoms with E-state index >= 15 is 0 Å². The molecule has 0 saturated heterocycles. The van der Waals surface area contributed by atoms with Crippen molar-refractivity contribution in [2.24, 2.45) is 0 Å². The number of carbonyl (C=O) groups excluding carboxylic acids is 1. The number of hydrogen-bond acceptors (Lipinski definition) is 5. The second-order valence-corrected chi connectivity index (χ2v) is 6.12. The van der Waals surface area contributed by atoms with Crippen molar-refractivity contribution in [3.05, 3.63) is 0 Å². The Labute approximate surface area is 142 Å². The summed E-state index contributed by atoms with van der Waals surface area (Å²) in [5.74, 6) is -0.107. The van der Waals surface area contributed by atoms with Crippen LogP contribution in [0.25, 0.3) is 0 Å². The summed E-state index contributed by atoms with van der Waals surface area (Å²) in [6.07, 6.45) is 9.01. The van der Waals surface area contributed by atoms with Gasteiger partial charge in [0.15, 0.2) is 0 Å². The fraction of sp³-hybridized carbons (Fsp3) is 0.944. The van der Waals surface area contributed by atoms with Crippen LogP contribution in [0.3, 0.4) is 0 Å². The average Bonchev–Trinajstić information content (AvgIpc) is 2.52. The van der Waals surface area contributed by atoms with Crippen LogP contribution in [0.1, 0.15) is 58.3 Å². The van der Waals surface area contributed by atoms with E-state index in [1.807, 2.05) is 14.1 Å². The van der Waals surface area contributed by atoms with Gasteiger partial charge in [0.2, 0.25) is 0 Å². The Bertz CT molecular complexity index is 259. The van der Waals surface area contributed by atoms with Crippen LogP contribution in [0.5, 0.6) is 0 Å². The minimum atomic E-state index is -0.107. The first-order valence-corrected chi connectivity index (χ1v) is 9.12. The number of ether oxygens (including phenoxy) is 3. The van der Waals surface area contributed by atoms with E-state index in [0.717, 1.165) is 19.4 Å². The SMILES string of the molecule is CCCCCCCCCC(=O)OCCOCCOCCN(C)C. The van der Waals surface area contributed by atoms with Crippen molar-refractivity contribution < 1.29 is 19.0 Å². The van der Waals surface area contributed by atoms with Crippen molar-refractivity contribution in [2.45, 2.75) is 58.3 Å². The molecule has 0 spiro atoms. The summed E-state index contributed by atoms with van der Waals surface area (Å²) in [7, 11) is 4.03. The monoisotopic (exact) mass is 331 g/mol. The Morgan fingerprint density at radius 1 is 0.783 bits per heavy atom. The Morgan fingerprint density at radius 2 is 1.35 bits per heavy atom. The number of nitrogens with zero attached hydrogens (tertiary/aromatic N) is 1. The number of carbonyl (C=O) groups is 1. The predicted molar refractivity (Wildman–Crippen MR) is 93.8 cm³/mol. The lowest BCUT2D eigenvalue weighted by atomic mass is 10.1. The normalized spacial score (nSPS) is 11.1. The second-order valence-electron chi connectivity index (χ2n) is 6.12. The highest BCUT2D eigenvalue weighted by Crippen LogP contribution is 2.08. The van der Waals surface area contributed by atoms with Gasteiger partial charge in [-0.3, -0.25) is 4.79 Å². The predicted octanol–water partition coefficient (Wildman–Crippen LogP) is 3.27. The van der Waals surface area contributed by atoms with E-state index < -0.39 is 0 Å². The topological polar surface area (TPSA) is 48.0 Å². The molecular weight excluding hydrogens is 294 g/mol. The molecule has 0 aromatic rings. The maximum Gasteiger partial charge on any atom is 0.305 e. The van der Waals surface area contributed by atoms with Crippen molar-refractivity contribution in [2.75, 3.05) is 53.7 Å². The first kappa shape index (κ1) is 22.4. The largest absolute Gasteiger partial charge is 0.463 e. The van der Waals surface area contributed by atoms with Gasteiger partial charge in [-0.05, 0) is 20.5 Å². The number of rotatable bonds is 17. The van der Waals surface area contributed by atoms with Gasteiger partial charge in [-0.1, -0.05) is 45.4 Å². The van der Waals surface area contributed by atoms with Gasteiger partial charge in [0.05, 0.1) is 26.4 Å². The van der Waals surface area contributed by atoms with Gasteiger partial charge in [-0.2, -0.15) is 0 Å². The van der Waals surface area contributed by atoms with E-state index in [-0.39, 0.29) is 5.97 Å². The smallest absolute Gasteiger partial charge is 0.305 e. The standard InChI is InChI=1S/C18H37NO4/c1-4-5-6-7-8-9-10-11-18(20)23-17-16-22-15-14-21-13-12-19(2)3/h4-17H2,1-3H3. The summed E-state index contributed by atoms with van der Waals surface area (Å²) in [5, 5.41) is 0. The van der Waals surface area contributed by atoms with E-state index in [2.05, 4.69) is 11.8 Å². The summed E-state index contributed by atoms with van der Waals surface area (Å²) in [4.78, 5) is 13.6. The molecule has 0 saturated carbocycles. The molecule has 23 heavy (non-hydrogen) atoms. The average molecular weight is 331 g/mol. The lowest BCUT2D eigenvalue weighted by Gasteiger charge is -2.10. The van der Waals surface area contributed by atoms with Crippen LogP contribution in [0.2, 0.25) is 0 Å². The summed E-state index contributed by atoms with van der Waals surface area (Å²) in [6, 6.07) is 0. The second kappa shape index (κ2) is 17.7. The van der Waals surface area contributed by atoms with E-state index in [0.29, 0.717) is 39.5 Å². The van der Waals surface area contributed by atoms with Crippen LogP contribution in [0.15, 0.2) is 0 Å². The molecule has 0 rings (SSSR count). The molecule has 0 heterocycles. The Hall–Kier alpha value is -0.650. The number of hydrogen-bond donors (Lipinski definition) is 0. The molecule has 0 radical (unpaired) electrons. The van der Waals surface area contributed by atoms with Crippen molar-refractivity contribution in [3.63, 3.8) is 0 Å². The van der Waals surface area contributed by atoms with Crippen molar-refractivity contribution in [3.8, 4) is 0 Å². The molecule has 0 atom stereocenters. The molecule has 0 unspecified atom stereocenters. The lowest BCUT2D eigenvalue weighted by molar-refractivity contribution is -0.145. The van der Waals surface area contributed by atoms with Gasteiger partial charge in [0.1, 0.15) is 6.61 Å². The molecule has 138 valence electrons. The van der Waals surface area contributed by atoms with Crippen molar-refractivity contribution in [1.29, 1.82) is 0 Å². The van der Waals surface area contributed by atoms with Gasteiger partial charge >= 0.3 is 5.97 Å². The molecular formula is C18H37NO4. The Morgan fingerprint density at radius 3 is 2.00 bits per heavy atom. The molecule has 5 nitrogen and oxygen atoms in total. The summed E-state index contributed by atoms with van der Waals surface area (Å²) >= 11 is 0. The number of likely N-dealkylation sites (N-methyl/N-ethyl adjacent to an activating group) is 1. The van der Waals surface area contributed by atoms with Gasteiger partial charge in [-0.25, -0.2) is 0 Å². The zero-order valence-corrected chi connectivity index (χ0v) is 15.5. The van der Waals surface area contributed by atoms with Crippen molar-refractivity contribution >= 4 is 5.97 Å². The van der Waals surface area contributed by atoms with Crippen molar-refractivity contribution in [1.82, 2.24) is 4.90 Å². The van der Waals surface area contributed by atoms with Gasteiger partial charge in [0.25, 0.3) is 0 Å². The fourth-order valence-corrected chi connectivity index (χ4v) is 2.08. The molecule has 0 aliphatic rings. The van der Waals surface area contributed by atoms with Gasteiger partial charge in [-0.15, -0.1) is 0 Å². The quantitative estimate of drug-likeness (QED) is 0.302. The minimum Gasteiger partial charge on any atom is -0.463 e. The molecule has 0 aromatic heterocycles.